The molecule has 1 saturated carbocycles. The predicted octanol–water partition coefficient (Wildman–Crippen LogP) is 4.95. The quantitative estimate of drug-likeness (QED) is 0.718. The lowest BCUT2D eigenvalue weighted by molar-refractivity contribution is -0.118. The van der Waals surface area contributed by atoms with Crippen molar-refractivity contribution in [3.63, 3.8) is 0 Å². The number of amides is 2. The monoisotopic (exact) mass is 383 g/mol. The minimum absolute atomic E-state index is 0.0129. The highest BCUT2D eigenvalue weighted by molar-refractivity contribution is 7.14. The van der Waals surface area contributed by atoms with Crippen LogP contribution in [0.3, 0.4) is 0 Å². The van der Waals surface area contributed by atoms with Gasteiger partial charge in [-0.25, -0.2) is 4.98 Å². The molecule has 2 atom stereocenters. The number of rotatable bonds is 5. The first-order valence-electron chi connectivity index (χ1n) is 8.98. The highest BCUT2D eigenvalue weighted by atomic mass is 32.1. The zero-order valence-electron chi connectivity index (χ0n) is 16.3. The molecule has 0 aliphatic heterocycles. The third kappa shape index (κ3) is 4.27. The highest BCUT2D eigenvalue weighted by Gasteiger charge is 2.60. The molecule has 1 fully saturated rings. The molecule has 5 nitrogen and oxygen atoms in total. The molecule has 3 rings (SSSR count). The van der Waals surface area contributed by atoms with Gasteiger partial charge in [-0.3, -0.25) is 9.59 Å². The van der Waals surface area contributed by atoms with Crippen LogP contribution < -0.4 is 10.6 Å². The van der Waals surface area contributed by atoms with Gasteiger partial charge in [-0.1, -0.05) is 37.6 Å². The topological polar surface area (TPSA) is 71.1 Å². The van der Waals surface area contributed by atoms with Gasteiger partial charge in [0.2, 0.25) is 11.8 Å². The van der Waals surface area contributed by atoms with Gasteiger partial charge in [0.25, 0.3) is 0 Å². The number of hydrogen-bond acceptors (Lipinski definition) is 4. The molecule has 2 amide bonds. The molecule has 0 bridgehead atoms. The van der Waals surface area contributed by atoms with Crippen molar-refractivity contribution in [2.24, 2.45) is 17.3 Å². The van der Waals surface area contributed by atoms with Gasteiger partial charge in [-0.2, -0.15) is 0 Å². The first kappa shape index (κ1) is 19.3. The molecule has 2 aromatic rings. The molecular formula is C21H25N3O2S. The number of carbonyl (C=O) groups excluding carboxylic acids is 2. The number of nitrogens with one attached hydrogen (secondary N) is 2. The first-order valence-corrected chi connectivity index (χ1v) is 9.86. The van der Waals surface area contributed by atoms with Crippen LogP contribution in [0.1, 0.15) is 34.6 Å². The van der Waals surface area contributed by atoms with Gasteiger partial charge >= 0.3 is 0 Å². The molecule has 1 aromatic carbocycles. The van der Waals surface area contributed by atoms with Crippen molar-refractivity contribution in [3.8, 4) is 11.3 Å². The third-order valence-corrected chi connectivity index (χ3v) is 5.70. The standard InChI is InChI=1S/C21H25N3O2S/c1-12(2)10-16-18(21(16,4)5)19(26)24-20-23-17(11-27-20)14-6-8-15(9-7-14)22-13(3)25/h6-11,16,18H,1-5H3,(H,22,25)(H,23,24,26)/t16-,18+/m1/s1. The summed E-state index contributed by atoms with van der Waals surface area (Å²) in [5.41, 5.74) is 3.72. The predicted molar refractivity (Wildman–Crippen MR) is 111 cm³/mol. The molecule has 1 aromatic heterocycles. The van der Waals surface area contributed by atoms with Gasteiger partial charge in [0.15, 0.2) is 5.13 Å². The maximum atomic E-state index is 12.7. The summed E-state index contributed by atoms with van der Waals surface area (Å²) in [6, 6.07) is 7.48. The van der Waals surface area contributed by atoms with Crippen LogP contribution in [0, 0.1) is 17.3 Å². The molecule has 0 unspecified atom stereocenters. The fourth-order valence-electron chi connectivity index (χ4n) is 3.42. The average molecular weight is 384 g/mol. The molecule has 0 radical (unpaired) electrons. The maximum absolute atomic E-state index is 12.7. The van der Waals surface area contributed by atoms with Crippen LogP contribution in [0.2, 0.25) is 0 Å². The normalized spacial score (nSPS) is 19.9. The maximum Gasteiger partial charge on any atom is 0.230 e. The second kappa shape index (κ2) is 7.27. The van der Waals surface area contributed by atoms with Crippen LogP contribution in [0.4, 0.5) is 10.8 Å². The second-order valence-electron chi connectivity index (χ2n) is 7.85. The Kier molecular flexibility index (Phi) is 5.20. The number of benzene rings is 1. The lowest BCUT2D eigenvalue weighted by Crippen LogP contribution is -2.16. The molecule has 2 N–H and O–H groups in total. The minimum atomic E-state index is -0.101. The first-order chi connectivity index (χ1) is 12.7. The average Bonchev–Trinajstić information content (AvgIpc) is 2.91. The molecule has 1 heterocycles. The van der Waals surface area contributed by atoms with E-state index in [9.17, 15) is 9.59 Å². The van der Waals surface area contributed by atoms with Crippen LogP contribution in [-0.4, -0.2) is 16.8 Å². The Morgan fingerprint density at radius 2 is 1.78 bits per heavy atom. The van der Waals surface area contributed by atoms with E-state index in [2.05, 4.69) is 49.4 Å². The van der Waals surface area contributed by atoms with Crippen LogP contribution in [-0.2, 0) is 9.59 Å². The molecule has 142 valence electrons. The molecule has 0 saturated heterocycles. The van der Waals surface area contributed by atoms with Gasteiger partial charge < -0.3 is 10.6 Å². The van der Waals surface area contributed by atoms with Gasteiger partial charge in [0.05, 0.1) is 11.6 Å². The van der Waals surface area contributed by atoms with E-state index in [1.165, 1.54) is 23.8 Å². The molecule has 1 aliphatic rings. The van der Waals surface area contributed by atoms with E-state index in [-0.39, 0.29) is 29.1 Å². The number of thiazole rings is 1. The van der Waals surface area contributed by atoms with E-state index in [0.29, 0.717) is 5.13 Å². The van der Waals surface area contributed by atoms with E-state index < -0.39 is 0 Å². The summed E-state index contributed by atoms with van der Waals surface area (Å²) in [5.74, 6) is 0.195. The zero-order valence-corrected chi connectivity index (χ0v) is 17.1. The summed E-state index contributed by atoms with van der Waals surface area (Å²) in [4.78, 5) is 28.3. The van der Waals surface area contributed by atoms with E-state index in [1.807, 2.05) is 29.6 Å². The van der Waals surface area contributed by atoms with E-state index in [1.54, 1.807) is 0 Å². The van der Waals surface area contributed by atoms with Crippen molar-refractivity contribution < 1.29 is 9.59 Å². The van der Waals surface area contributed by atoms with Crippen molar-refractivity contribution in [1.29, 1.82) is 0 Å². The van der Waals surface area contributed by atoms with Gasteiger partial charge in [0.1, 0.15) is 0 Å². The van der Waals surface area contributed by atoms with Crippen LogP contribution in [0.15, 0.2) is 41.3 Å². The molecule has 27 heavy (non-hydrogen) atoms. The molecular weight excluding hydrogens is 358 g/mol. The Hall–Kier alpha value is -2.47. The van der Waals surface area contributed by atoms with Crippen molar-refractivity contribution in [2.75, 3.05) is 10.6 Å². The Morgan fingerprint density at radius 1 is 1.11 bits per heavy atom. The number of anilines is 2. The SMILES string of the molecule is CC(=O)Nc1ccc(-c2csc(NC(=O)[C@@H]3[C@@H](C=C(C)C)C3(C)C)n2)cc1. The second-order valence-corrected chi connectivity index (χ2v) is 8.71. The van der Waals surface area contributed by atoms with Crippen LogP contribution in [0.25, 0.3) is 11.3 Å². The Balaban J connectivity index is 1.67. The number of hydrogen-bond donors (Lipinski definition) is 2. The van der Waals surface area contributed by atoms with Crippen molar-refractivity contribution in [3.05, 3.63) is 41.3 Å². The molecule has 6 heteroatoms. The lowest BCUT2D eigenvalue weighted by Gasteiger charge is -2.03. The minimum Gasteiger partial charge on any atom is -0.326 e. The summed E-state index contributed by atoms with van der Waals surface area (Å²) in [6.07, 6.45) is 2.19. The fourth-order valence-corrected chi connectivity index (χ4v) is 4.15. The van der Waals surface area contributed by atoms with Crippen molar-refractivity contribution >= 4 is 34.0 Å². The Morgan fingerprint density at radius 3 is 2.37 bits per heavy atom. The third-order valence-electron chi connectivity index (χ3n) is 4.94. The largest absolute Gasteiger partial charge is 0.326 e. The number of aromatic nitrogens is 1. The van der Waals surface area contributed by atoms with Crippen LogP contribution in [0.5, 0.6) is 0 Å². The van der Waals surface area contributed by atoms with E-state index in [0.717, 1.165) is 16.9 Å². The fraction of sp³-hybridized carbons (Fsp3) is 0.381. The number of carbonyl (C=O) groups is 2. The lowest BCUT2D eigenvalue weighted by atomic mass is 10.1. The Bertz CT molecular complexity index is 892. The molecule has 0 spiro atoms. The van der Waals surface area contributed by atoms with E-state index in [4.69, 9.17) is 0 Å². The summed E-state index contributed by atoms with van der Waals surface area (Å²) in [7, 11) is 0. The summed E-state index contributed by atoms with van der Waals surface area (Å²) >= 11 is 1.42. The number of nitrogens with zero attached hydrogens (tertiary/aromatic N) is 1. The van der Waals surface area contributed by atoms with Crippen molar-refractivity contribution in [2.45, 2.75) is 34.6 Å². The summed E-state index contributed by atoms with van der Waals surface area (Å²) in [6.45, 7) is 9.87. The van der Waals surface area contributed by atoms with Crippen LogP contribution >= 0.6 is 11.3 Å². The highest BCUT2D eigenvalue weighted by Crippen LogP contribution is 2.59. The summed E-state index contributed by atoms with van der Waals surface area (Å²) < 4.78 is 0. The van der Waals surface area contributed by atoms with Gasteiger partial charge in [-0.05, 0) is 37.3 Å². The number of allylic oxidation sites excluding steroid dienone is 2. The van der Waals surface area contributed by atoms with Gasteiger partial charge in [0, 0.05) is 23.6 Å². The van der Waals surface area contributed by atoms with E-state index >= 15 is 0 Å². The zero-order chi connectivity index (χ0) is 19.8. The smallest absolute Gasteiger partial charge is 0.230 e. The molecule has 1 aliphatic carbocycles. The Labute approximate surface area is 163 Å². The summed E-state index contributed by atoms with van der Waals surface area (Å²) in [5, 5.41) is 8.25. The van der Waals surface area contributed by atoms with Gasteiger partial charge in [-0.15, -0.1) is 11.3 Å². The van der Waals surface area contributed by atoms with Crippen molar-refractivity contribution in [1.82, 2.24) is 4.98 Å².